The van der Waals surface area contributed by atoms with E-state index in [1.165, 1.54) is 26.2 Å². The molecule has 0 bridgehead atoms. The molecule has 1 unspecified atom stereocenters. The Morgan fingerprint density at radius 1 is 1.41 bits per heavy atom. The molecule has 1 aliphatic heterocycles. The normalized spacial score (nSPS) is 20.8. The second kappa shape index (κ2) is 9.20. The number of carbonyl (C=O) groups is 4. The molecule has 2 amide bonds. The Bertz CT molecular complexity index is 1020. The number of nitrogens with two attached hydrogens (primary N) is 1. The van der Waals surface area contributed by atoms with Crippen LogP contribution in [0, 0.1) is 0 Å². The predicted octanol–water partition coefficient (Wildman–Crippen LogP) is -0.774. The maximum Gasteiger partial charge on any atom is 0.435 e. The first-order valence-corrected chi connectivity index (χ1v) is 11.1. The highest BCUT2D eigenvalue weighted by Gasteiger charge is 2.54. The first-order chi connectivity index (χ1) is 14.7. The third-order valence-corrected chi connectivity index (χ3v) is 6.38. The molecule has 1 aromatic heterocycles. The number of carbonyl (C=O) groups excluding carboxylic acids is 2. The van der Waals surface area contributed by atoms with Crippen LogP contribution in [0.25, 0.3) is 0 Å². The number of nitrogens with one attached hydrogen (secondary N) is 1. The van der Waals surface area contributed by atoms with E-state index in [1.807, 2.05) is 0 Å². The van der Waals surface area contributed by atoms with Gasteiger partial charge in [-0.15, -0.1) is 11.3 Å². The molecule has 1 aromatic rings. The maximum absolute atomic E-state index is 12.7. The van der Waals surface area contributed by atoms with Gasteiger partial charge < -0.3 is 31.0 Å². The van der Waals surface area contributed by atoms with Crippen LogP contribution in [0.3, 0.4) is 0 Å². The number of aromatic nitrogens is 1. The van der Waals surface area contributed by atoms with Crippen molar-refractivity contribution in [2.24, 2.45) is 5.16 Å². The summed E-state index contributed by atoms with van der Waals surface area (Å²) < 4.78 is 16.9. The van der Waals surface area contributed by atoms with Crippen molar-refractivity contribution in [1.82, 2.24) is 15.0 Å². The Hall–Kier alpha value is -3.07. The maximum atomic E-state index is 12.7. The molecule has 176 valence electrons. The molecule has 1 aliphatic rings. The number of amides is 2. The highest BCUT2D eigenvalue weighted by molar-refractivity contribution is 7.51. The lowest BCUT2D eigenvalue weighted by Gasteiger charge is -2.45. The van der Waals surface area contributed by atoms with E-state index in [4.69, 9.17) is 20.8 Å². The number of rotatable bonds is 10. The van der Waals surface area contributed by atoms with Crippen molar-refractivity contribution in [2.45, 2.75) is 38.5 Å². The summed E-state index contributed by atoms with van der Waals surface area (Å²) in [6.07, 6.45) is 0. The number of carboxylic acid groups (broad SMARTS) is 2. The summed E-state index contributed by atoms with van der Waals surface area (Å²) >= 11 is 0.965. The number of thiazole rings is 1. The van der Waals surface area contributed by atoms with Gasteiger partial charge in [0.05, 0.1) is 6.04 Å². The van der Waals surface area contributed by atoms with Gasteiger partial charge in [0.25, 0.3) is 11.8 Å². The van der Waals surface area contributed by atoms with Crippen molar-refractivity contribution in [1.29, 1.82) is 0 Å². The van der Waals surface area contributed by atoms with Crippen LogP contribution < -0.4 is 11.1 Å². The number of anilines is 1. The molecule has 2 rings (SSSR count). The summed E-state index contributed by atoms with van der Waals surface area (Å²) in [5.74, 6) is -4.89. The smallest absolute Gasteiger partial charge is 0.435 e. The van der Waals surface area contributed by atoms with Gasteiger partial charge in [-0.3, -0.25) is 14.1 Å². The van der Waals surface area contributed by atoms with Crippen molar-refractivity contribution >= 4 is 53.7 Å². The predicted molar refractivity (Wildman–Crippen MR) is 108 cm³/mol. The lowest BCUT2D eigenvalue weighted by Crippen LogP contribution is -2.68. The number of nitrogen functional groups attached to an aromatic ring is 1. The molecular formula is C15H20N5O10PS. The molecule has 0 saturated carbocycles. The van der Waals surface area contributed by atoms with Crippen LogP contribution in [0.1, 0.15) is 26.5 Å². The Kier molecular flexibility index (Phi) is 7.24. The third kappa shape index (κ3) is 5.40. The summed E-state index contributed by atoms with van der Waals surface area (Å²) in [6.45, 7) is 2.59. The van der Waals surface area contributed by atoms with Crippen molar-refractivity contribution in [3.05, 3.63) is 11.1 Å². The van der Waals surface area contributed by atoms with Gasteiger partial charge in [0.1, 0.15) is 11.7 Å². The molecule has 15 nitrogen and oxygen atoms in total. The van der Waals surface area contributed by atoms with E-state index in [0.29, 0.717) is 4.67 Å². The van der Waals surface area contributed by atoms with Gasteiger partial charge in [-0.05, 0) is 20.8 Å². The highest BCUT2D eigenvalue weighted by Crippen LogP contribution is 2.52. The fourth-order valence-corrected chi connectivity index (χ4v) is 4.27. The summed E-state index contributed by atoms with van der Waals surface area (Å²) in [6, 6.07) is -2.33. The Morgan fingerprint density at radius 2 is 2.03 bits per heavy atom. The highest BCUT2D eigenvalue weighted by atomic mass is 32.1. The van der Waals surface area contributed by atoms with Crippen molar-refractivity contribution in [3.63, 3.8) is 0 Å². The van der Waals surface area contributed by atoms with E-state index in [1.54, 1.807) is 0 Å². The van der Waals surface area contributed by atoms with Crippen molar-refractivity contribution in [2.75, 3.05) is 12.3 Å². The summed E-state index contributed by atoms with van der Waals surface area (Å²) in [5.41, 5.74) is 3.22. The fourth-order valence-electron chi connectivity index (χ4n) is 2.36. The average molecular weight is 493 g/mol. The number of hydrogen-bond donors (Lipinski definition) is 5. The largest absolute Gasteiger partial charge is 0.480 e. The van der Waals surface area contributed by atoms with E-state index in [2.05, 4.69) is 20.0 Å². The van der Waals surface area contributed by atoms with E-state index in [0.717, 1.165) is 11.3 Å². The van der Waals surface area contributed by atoms with E-state index in [9.17, 15) is 28.6 Å². The molecule has 0 radical (unpaired) electrons. The summed E-state index contributed by atoms with van der Waals surface area (Å²) in [7, 11) is -4.76. The topological polar surface area (TPSA) is 231 Å². The standard InChI is InChI=1S/C15H20N5O10PS/c1-6-9(12(24)20(6)31(27,28)29-4-8(21)22)18-11(23)10(7-5-32-14(16)17-7)19-30-15(2,3)13(25)26/h5-6,9H,4H2,1-3H3,(H2,16,17)(H,18,23)(H,21,22)(H,25,26)(H,27,28)/t6-,9-/m1/s1. The molecule has 0 aliphatic carbocycles. The fraction of sp³-hybridized carbons (Fsp3) is 0.467. The van der Waals surface area contributed by atoms with Crippen LogP contribution in [0.15, 0.2) is 10.5 Å². The molecular weight excluding hydrogens is 473 g/mol. The van der Waals surface area contributed by atoms with Gasteiger partial charge >= 0.3 is 19.7 Å². The summed E-state index contributed by atoms with van der Waals surface area (Å²) in [4.78, 5) is 65.5. The second-order valence-corrected chi connectivity index (χ2v) is 9.51. The van der Waals surface area contributed by atoms with E-state index >= 15 is 0 Å². The Morgan fingerprint density at radius 3 is 2.50 bits per heavy atom. The molecule has 32 heavy (non-hydrogen) atoms. The number of aliphatic carboxylic acids is 2. The zero-order chi connectivity index (χ0) is 24.4. The number of nitrogens with zero attached hydrogens (tertiary/aromatic N) is 3. The molecule has 6 N–H and O–H groups in total. The monoisotopic (exact) mass is 493 g/mol. The van der Waals surface area contributed by atoms with Gasteiger partial charge in [-0.25, -0.2) is 23.8 Å². The van der Waals surface area contributed by atoms with Gasteiger partial charge in [0.15, 0.2) is 17.5 Å². The number of β-lactam (4-membered cyclic amide) rings is 1. The van der Waals surface area contributed by atoms with Crippen molar-refractivity contribution in [3.8, 4) is 0 Å². The molecule has 1 saturated heterocycles. The van der Waals surface area contributed by atoms with Crippen LogP contribution in [0.5, 0.6) is 0 Å². The Balaban J connectivity index is 2.20. The van der Waals surface area contributed by atoms with Gasteiger partial charge in [0, 0.05) is 5.38 Å². The average Bonchev–Trinajstić information content (AvgIpc) is 3.10. The second-order valence-electron chi connectivity index (χ2n) is 6.95. The lowest BCUT2D eigenvalue weighted by molar-refractivity contribution is -0.161. The number of carboxylic acids is 2. The van der Waals surface area contributed by atoms with Crippen LogP contribution in [0.4, 0.5) is 5.13 Å². The molecule has 2 heterocycles. The molecule has 0 aromatic carbocycles. The van der Waals surface area contributed by atoms with Crippen LogP contribution in [-0.4, -0.2) is 78.5 Å². The van der Waals surface area contributed by atoms with Crippen LogP contribution in [-0.2, 0) is 33.1 Å². The lowest BCUT2D eigenvalue weighted by atomic mass is 10.0. The van der Waals surface area contributed by atoms with E-state index < -0.39 is 61.5 Å². The first kappa shape index (κ1) is 25.2. The first-order valence-electron chi connectivity index (χ1n) is 8.72. The number of oxime groups is 1. The molecule has 17 heteroatoms. The van der Waals surface area contributed by atoms with Gasteiger partial charge in [0.2, 0.25) is 5.60 Å². The number of hydrogen-bond acceptors (Lipinski definition) is 11. The minimum Gasteiger partial charge on any atom is -0.480 e. The van der Waals surface area contributed by atoms with Crippen LogP contribution >= 0.6 is 19.1 Å². The quantitative estimate of drug-likeness (QED) is 0.117. The van der Waals surface area contributed by atoms with Gasteiger partial charge in [-0.1, -0.05) is 5.16 Å². The SMILES string of the molecule is C[C@@H]1[C@@H](NC(=O)C(=NOC(C)(C)C(=O)O)c2csc(N)n2)C(=O)N1P(=O)(O)OCC(=O)O. The zero-order valence-corrected chi connectivity index (χ0v) is 18.6. The minimum atomic E-state index is -4.76. The van der Waals surface area contributed by atoms with Gasteiger partial charge in [-0.2, -0.15) is 0 Å². The molecule has 0 spiro atoms. The third-order valence-electron chi connectivity index (χ3n) is 4.13. The summed E-state index contributed by atoms with van der Waals surface area (Å²) in [5, 5.41) is 25.0. The zero-order valence-electron chi connectivity index (χ0n) is 16.9. The van der Waals surface area contributed by atoms with Crippen LogP contribution in [0.2, 0.25) is 0 Å². The molecule has 3 atom stereocenters. The van der Waals surface area contributed by atoms with E-state index in [-0.39, 0.29) is 10.8 Å². The Labute approximate surface area is 184 Å². The minimum absolute atomic E-state index is 0.0555. The molecule has 1 fully saturated rings. The van der Waals surface area contributed by atoms with Crippen molar-refractivity contribution < 1.29 is 48.2 Å².